The van der Waals surface area contributed by atoms with Crippen LogP contribution in [0.1, 0.15) is 0 Å². The van der Waals surface area contributed by atoms with Crippen molar-refractivity contribution in [3.05, 3.63) is 103 Å². The second-order valence-corrected chi connectivity index (χ2v) is 8.73. The summed E-state index contributed by atoms with van der Waals surface area (Å²) in [5.41, 5.74) is 11.1. The molecule has 0 saturated heterocycles. The molecule has 7 nitrogen and oxygen atoms in total. The fourth-order valence-electron chi connectivity index (χ4n) is 4.64. The number of aromatic hydroxyl groups is 1. The zero-order valence-electron chi connectivity index (χ0n) is 19.6. The highest BCUT2D eigenvalue weighted by atomic mass is 16.5. The molecule has 6 aromatic rings. The summed E-state index contributed by atoms with van der Waals surface area (Å²) in [5, 5.41) is 31.0. The van der Waals surface area contributed by atoms with Crippen molar-refractivity contribution >= 4 is 40.2 Å². The van der Waals surface area contributed by atoms with Crippen molar-refractivity contribution in [3.63, 3.8) is 0 Å². The maximum atomic E-state index is 10.1. The number of benzene rings is 4. The first-order valence-corrected chi connectivity index (χ1v) is 11.7. The normalized spacial score (nSPS) is 11.2. The third-order valence-electron chi connectivity index (χ3n) is 6.39. The minimum atomic E-state index is -1.57. The molecule has 0 aliphatic heterocycles. The Balaban J connectivity index is 1.48. The highest BCUT2D eigenvalue weighted by molar-refractivity contribution is 6.58. The number of aromatic nitrogens is 2. The van der Waals surface area contributed by atoms with Crippen LogP contribution < -0.4 is 15.9 Å². The van der Waals surface area contributed by atoms with Gasteiger partial charge < -0.3 is 25.6 Å². The van der Waals surface area contributed by atoms with E-state index in [4.69, 9.17) is 10.5 Å². The summed E-state index contributed by atoms with van der Waals surface area (Å²) in [7, 11) is -1.57. The van der Waals surface area contributed by atoms with Crippen LogP contribution in [0.4, 0.5) is 5.69 Å². The molecule has 8 heteroatoms. The second-order valence-electron chi connectivity index (χ2n) is 8.73. The maximum absolute atomic E-state index is 10.1. The number of nitrogens with zero attached hydrogens (tertiary/aromatic N) is 2. The Morgan fingerprint density at radius 3 is 2.41 bits per heavy atom. The molecule has 2 heterocycles. The highest BCUT2D eigenvalue weighted by Crippen LogP contribution is 2.38. The van der Waals surface area contributed by atoms with Crippen molar-refractivity contribution in [1.29, 1.82) is 0 Å². The van der Waals surface area contributed by atoms with Gasteiger partial charge in [0.05, 0.1) is 16.9 Å². The number of para-hydroxylation sites is 1. The zero-order valence-corrected chi connectivity index (χ0v) is 19.6. The van der Waals surface area contributed by atoms with Crippen LogP contribution in [-0.2, 0) is 0 Å². The number of hydrogen-bond acceptors (Lipinski definition) is 6. The molecule has 0 unspecified atom stereocenters. The van der Waals surface area contributed by atoms with Gasteiger partial charge in [-0.1, -0.05) is 36.4 Å². The molecule has 0 aliphatic carbocycles. The molecule has 0 amide bonds. The average Bonchev–Trinajstić information content (AvgIpc) is 3.24. The minimum absolute atomic E-state index is 0.0533. The van der Waals surface area contributed by atoms with Crippen molar-refractivity contribution in [2.24, 2.45) is 0 Å². The van der Waals surface area contributed by atoms with Crippen molar-refractivity contribution in [1.82, 2.24) is 9.55 Å². The predicted molar refractivity (Wildman–Crippen MR) is 146 cm³/mol. The van der Waals surface area contributed by atoms with Crippen LogP contribution in [0.5, 0.6) is 17.2 Å². The standard InChI is InChI=1S/C29H22BN3O4/c31-28-23(9-3-11-27(28)34)18-12-13-26-25(15-18)24-10-4-14-32-29(24)33(26)20-6-2-8-22(17-20)37-21-7-1-5-19(16-21)30(35)36/h1-17,34-36H,31H2. The first kappa shape index (κ1) is 22.7. The van der Waals surface area contributed by atoms with Gasteiger partial charge in [-0.05, 0) is 65.6 Å². The van der Waals surface area contributed by atoms with Gasteiger partial charge in [-0.2, -0.15) is 0 Å². The van der Waals surface area contributed by atoms with Crippen LogP contribution in [0.25, 0.3) is 38.8 Å². The van der Waals surface area contributed by atoms with Crippen LogP contribution in [0, 0.1) is 0 Å². The molecule has 0 saturated carbocycles. The molecular weight excluding hydrogens is 465 g/mol. The first-order valence-electron chi connectivity index (χ1n) is 11.7. The topological polar surface area (TPSA) is 114 Å². The SMILES string of the molecule is Nc1c(O)cccc1-c1ccc2c(c1)c1cccnc1n2-c1cccc(Oc2cccc(B(O)O)c2)c1. The van der Waals surface area contributed by atoms with Crippen LogP contribution in [0.2, 0.25) is 0 Å². The number of pyridine rings is 1. The largest absolute Gasteiger partial charge is 0.506 e. The molecule has 6 rings (SSSR count). The van der Waals surface area contributed by atoms with Gasteiger partial charge in [-0.3, -0.25) is 4.57 Å². The van der Waals surface area contributed by atoms with E-state index in [2.05, 4.69) is 15.6 Å². The van der Waals surface area contributed by atoms with Crippen LogP contribution >= 0.6 is 0 Å². The Hall–Kier alpha value is -4.79. The lowest BCUT2D eigenvalue weighted by molar-refractivity contribution is 0.425. The summed E-state index contributed by atoms with van der Waals surface area (Å²) >= 11 is 0. The van der Waals surface area contributed by atoms with Gasteiger partial charge in [0, 0.05) is 28.6 Å². The van der Waals surface area contributed by atoms with Gasteiger partial charge in [-0.15, -0.1) is 0 Å². The number of ether oxygens (including phenoxy) is 1. The fraction of sp³-hybridized carbons (Fsp3) is 0. The molecule has 0 fully saturated rings. The van der Waals surface area contributed by atoms with Crippen LogP contribution in [0.3, 0.4) is 0 Å². The molecule has 5 N–H and O–H groups in total. The van der Waals surface area contributed by atoms with Crippen molar-refractivity contribution < 1.29 is 19.9 Å². The summed E-state index contributed by atoms with van der Waals surface area (Å²) in [5.74, 6) is 1.14. The number of phenolic OH excluding ortho intramolecular Hbond substituents is 1. The van der Waals surface area contributed by atoms with Crippen LogP contribution in [-0.4, -0.2) is 31.8 Å². The maximum Gasteiger partial charge on any atom is 0.488 e. The van der Waals surface area contributed by atoms with Gasteiger partial charge in [-0.25, -0.2) is 4.98 Å². The van der Waals surface area contributed by atoms with E-state index in [9.17, 15) is 15.2 Å². The quantitative estimate of drug-likeness (QED) is 0.161. The Labute approximate surface area is 212 Å². The van der Waals surface area contributed by atoms with Gasteiger partial charge in [0.25, 0.3) is 0 Å². The van der Waals surface area contributed by atoms with Gasteiger partial charge in [0.1, 0.15) is 22.9 Å². The summed E-state index contributed by atoms with van der Waals surface area (Å²) in [6.07, 6.45) is 1.76. The Morgan fingerprint density at radius 2 is 1.57 bits per heavy atom. The Bertz CT molecular complexity index is 1780. The fourth-order valence-corrected chi connectivity index (χ4v) is 4.64. The summed E-state index contributed by atoms with van der Waals surface area (Å²) < 4.78 is 8.11. The molecular formula is C29H22BN3O4. The summed E-state index contributed by atoms with van der Waals surface area (Å²) in [6, 6.07) is 29.6. The number of hydrogen-bond donors (Lipinski definition) is 4. The number of rotatable bonds is 5. The van der Waals surface area contributed by atoms with E-state index in [1.807, 2.05) is 54.6 Å². The van der Waals surface area contributed by atoms with Crippen molar-refractivity contribution in [3.8, 4) is 34.1 Å². The summed E-state index contributed by atoms with van der Waals surface area (Å²) in [6.45, 7) is 0. The molecule has 0 aliphatic rings. The molecule has 0 spiro atoms. The van der Waals surface area contributed by atoms with E-state index >= 15 is 0 Å². The van der Waals surface area contributed by atoms with Crippen molar-refractivity contribution in [2.45, 2.75) is 0 Å². The van der Waals surface area contributed by atoms with Gasteiger partial charge >= 0.3 is 7.12 Å². The lowest BCUT2D eigenvalue weighted by Crippen LogP contribution is -2.29. The Kier molecular flexibility index (Phi) is 5.52. The predicted octanol–water partition coefficient (Wildman–Crippen LogP) is 4.61. The zero-order chi connectivity index (χ0) is 25.5. The molecule has 0 radical (unpaired) electrons. The molecule has 0 atom stereocenters. The summed E-state index contributed by atoms with van der Waals surface area (Å²) in [4.78, 5) is 4.68. The molecule has 0 bridgehead atoms. The van der Waals surface area contributed by atoms with E-state index in [-0.39, 0.29) is 5.75 Å². The molecule has 4 aromatic carbocycles. The number of anilines is 1. The Morgan fingerprint density at radius 1 is 0.784 bits per heavy atom. The molecule has 37 heavy (non-hydrogen) atoms. The lowest BCUT2D eigenvalue weighted by atomic mass is 9.80. The number of fused-ring (bicyclic) bond motifs is 3. The smallest absolute Gasteiger partial charge is 0.488 e. The lowest BCUT2D eigenvalue weighted by Gasteiger charge is -2.12. The third kappa shape index (κ3) is 4.04. The minimum Gasteiger partial charge on any atom is -0.506 e. The average molecular weight is 487 g/mol. The van der Waals surface area contributed by atoms with E-state index in [0.29, 0.717) is 22.6 Å². The van der Waals surface area contributed by atoms with E-state index in [1.165, 1.54) is 0 Å². The first-order chi connectivity index (χ1) is 18.0. The second kappa shape index (κ2) is 9.02. The third-order valence-corrected chi connectivity index (χ3v) is 6.39. The van der Waals surface area contributed by atoms with E-state index in [1.54, 1.807) is 42.6 Å². The molecule has 180 valence electrons. The van der Waals surface area contributed by atoms with Crippen molar-refractivity contribution in [2.75, 3.05) is 5.73 Å². The van der Waals surface area contributed by atoms with Gasteiger partial charge in [0.2, 0.25) is 0 Å². The van der Waals surface area contributed by atoms with Gasteiger partial charge in [0.15, 0.2) is 0 Å². The number of phenols is 1. The van der Waals surface area contributed by atoms with E-state index in [0.717, 1.165) is 38.8 Å². The van der Waals surface area contributed by atoms with Crippen LogP contribution in [0.15, 0.2) is 103 Å². The molecule has 2 aromatic heterocycles. The monoisotopic (exact) mass is 487 g/mol. The highest BCUT2D eigenvalue weighted by Gasteiger charge is 2.16. The number of nitrogens with two attached hydrogens (primary N) is 1. The number of nitrogen functional groups attached to an aromatic ring is 1. The van der Waals surface area contributed by atoms with E-state index < -0.39 is 7.12 Å².